The highest BCUT2D eigenvalue weighted by atomic mass is 35.5. The molecule has 5 nitrogen and oxygen atoms in total. The number of rotatable bonds is 8. The molecule has 1 heterocycles. The molecule has 0 bridgehead atoms. The van der Waals surface area contributed by atoms with Gasteiger partial charge in [-0.2, -0.15) is 0 Å². The van der Waals surface area contributed by atoms with Crippen molar-refractivity contribution in [1.82, 2.24) is 9.97 Å². The maximum absolute atomic E-state index is 12.6. The zero-order valence-corrected chi connectivity index (χ0v) is 19.5. The maximum Gasteiger partial charge on any atom is 0.344 e. The van der Waals surface area contributed by atoms with Crippen molar-refractivity contribution in [3.63, 3.8) is 0 Å². The quantitative estimate of drug-likeness (QED) is 0.178. The Morgan fingerprint density at radius 1 is 1.13 bits per heavy atom. The molecule has 0 aliphatic rings. The molecule has 3 rings (SSSR count). The summed E-state index contributed by atoms with van der Waals surface area (Å²) in [6.45, 7) is 0.369. The third kappa shape index (κ3) is 5.82. The van der Waals surface area contributed by atoms with Crippen molar-refractivity contribution in [3.05, 3.63) is 75.3 Å². The van der Waals surface area contributed by atoms with Crippen LogP contribution in [0.25, 0.3) is 0 Å². The van der Waals surface area contributed by atoms with Crippen molar-refractivity contribution in [2.75, 3.05) is 18.7 Å². The van der Waals surface area contributed by atoms with Gasteiger partial charge in [0.15, 0.2) is 5.16 Å². The van der Waals surface area contributed by atoms with E-state index < -0.39 is 5.97 Å². The average molecular weight is 480 g/mol. The van der Waals surface area contributed by atoms with E-state index in [1.807, 2.05) is 42.7 Å². The first-order valence-electron chi connectivity index (χ1n) is 8.90. The van der Waals surface area contributed by atoms with Crippen LogP contribution >= 0.6 is 46.7 Å². The molecule has 0 aliphatic carbocycles. The van der Waals surface area contributed by atoms with Crippen LogP contribution in [0.5, 0.6) is 0 Å². The molecule has 0 saturated heterocycles. The Morgan fingerprint density at radius 2 is 1.90 bits per heavy atom. The third-order valence-electron chi connectivity index (χ3n) is 4.11. The SMILES string of the molecule is COC(=O)c1c(NCc2ccc(Cl)cc2Cl)nc(SC)nc1SCc1ccccc1. The average Bonchev–Trinajstić information content (AvgIpc) is 2.76. The first kappa shape index (κ1) is 22.7. The molecule has 2 aromatic carbocycles. The molecule has 9 heteroatoms. The summed E-state index contributed by atoms with van der Waals surface area (Å²) in [6.07, 6.45) is 1.89. The first-order valence-corrected chi connectivity index (χ1v) is 11.9. The van der Waals surface area contributed by atoms with Crippen LogP contribution in [-0.4, -0.2) is 29.3 Å². The number of hydrogen-bond donors (Lipinski definition) is 1. The lowest BCUT2D eigenvalue weighted by Gasteiger charge is -2.15. The van der Waals surface area contributed by atoms with Crippen molar-refractivity contribution in [2.45, 2.75) is 22.5 Å². The number of anilines is 1. The molecule has 0 unspecified atom stereocenters. The van der Waals surface area contributed by atoms with Crippen LogP contribution in [0.2, 0.25) is 10.0 Å². The van der Waals surface area contributed by atoms with Crippen LogP contribution in [0, 0.1) is 0 Å². The summed E-state index contributed by atoms with van der Waals surface area (Å²) in [5.74, 6) is 0.573. The van der Waals surface area contributed by atoms with Gasteiger partial charge in [-0.1, -0.05) is 71.4 Å². The molecule has 0 saturated carbocycles. The predicted octanol–water partition coefficient (Wildman–Crippen LogP) is 6.20. The Bertz CT molecular complexity index is 1040. The van der Waals surface area contributed by atoms with Crippen LogP contribution in [0.4, 0.5) is 5.82 Å². The topological polar surface area (TPSA) is 64.1 Å². The highest BCUT2D eigenvalue weighted by molar-refractivity contribution is 7.99. The van der Waals surface area contributed by atoms with E-state index in [1.165, 1.54) is 30.6 Å². The van der Waals surface area contributed by atoms with Crippen molar-refractivity contribution in [2.24, 2.45) is 0 Å². The van der Waals surface area contributed by atoms with Crippen LogP contribution < -0.4 is 5.32 Å². The van der Waals surface area contributed by atoms with E-state index in [0.717, 1.165) is 11.1 Å². The Hall–Kier alpha value is -1.93. The molecule has 3 aromatic rings. The van der Waals surface area contributed by atoms with Gasteiger partial charge in [0.25, 0.3) is 0 Å². The Morgan fingerprint density at radius 3 is 2.57 bits per heavy atom. The number of hydrogen-bond acceptors (Lipinski definition) is 7. The van der Waals surface area contributed by atoms with Crippen LogP contribution in [0.15, 0.2) is 58.7 Å². The second kappa shape index (κ2) is 10.9. The molecule has 156 valence electrons. The predicted molar refractivity (Wildman–Crippen MR) is 125 cm³/mol. The van der Waals surface area contributed by atoms with E-state index in [9.17, 15) is 4.79 Å². The Labute approximate surface area is 193 Å². The number of carbonyl (C=O) groups is 1. The summed E-state index contributed by atoms with van der Waals surface area (Å²) in [7, 11) is 1.34. The lowest BCUT2D eigenvalue weighted by atomic mass is 10.2. The fraction of sp³-hybridized carbons (Fsp3) is 0.190. The number of aromatic nitrogens is 2. The monoisotopic (exact) mass is 479 g/mol. The molecule has 1 aromatic heterocycles. The second-order valence-electron chi connectivity index (χ2n) is 6.09. The standard InChI is InChI=1S/C21H19Cl2N3O2S2/c1-28-20(27)17-18(24-11-14-8-9-15(22)10-16(14)23)25-21(29-2)26-19(17)30-12-13-6-4-3-5-7-13/h3-10H,11-12H2,1-2H3,(H,24,25,26). The van der Waals surface area contributed by atoms with Gasteiger partial charge in [-0.25, -0.2) is 14.8 Å². The molecule has 0 fully saturated rings. The fourth-order valence-corrected chi connectivity index (χ4v) is 4.47. The highest BCUT2D eigenvalue weighted by Crippen LogP contribution is 2.32. The number of carbonyl (C=O) groups excluding carboxylic acids is 1. The van der Waals surface area contributed by atoms with Crippen molar-refractivity contribution < 1.29 is 9.53 Å². The smallest absolute Gasteiger partial charge is 0.344 e. The number of nitrogens with one attached hydrogen (secondary N) is 1. The van der Waals surface area contributed by atoms with Crippen LogP contribution in [0.1, 0.15) is 21.5 Å². The summed E-state index contributed by atoms with van der Waals surface area (Å²) < 4.78 is 5.01. The van der Waals surface area contributed by atoms with Crippen molar-refractivity contribution >= 4 is 58.5 Å². The third-order valence-corrected chi connectivity index (χ3v) is 6.29. The van der Waals surface area contributed by atoms with Gasteiger partial charge in [0.05, 0.1) is 7.11 Å². The van der Waals surface area contributed by atoms with Gasteiger partial charge in [-0.15, -0.1) is 11.8 Å². The van der Waals surface area contributed by atoms with Crippen molar-refractivity contribution in [3.8, 4) is 0 Å². The number of esters is 1. The number of methoxy groups -OCH3 is 1. The number of nitrogens with zero attached hydrogens (tertiary/aromatic N) is 2. The van der Waals surface area contributed by atoms with E-state index in [4.69, 9.17) is 27.9 Å². The highest BCUT2D eigenvalue weighted by Gasteiger charge is 2.22. The van der Waals surface area contributed by atoms with Crippen molar-refractivity contribution in [1.29, 1.82) is 0 Å². The Balaban J connectivity index is 1.92. The van der Waals surface area contributed by atoms with E-state index in [2.05, 4.69) is 15.3 Å². The largest absolute Gasteiger partial charge is 0.465 e. The number of thioether (sulfide) groups is 2. The molecule has 0 atom stereocenters. The van der Waals surface area contributed by atoms with Crippen LogP contribution in [0.3, 0.4) is 0 Å². The van der Waals surface area contributed by atoms with Crippen LogP contribution in [-0.2, 0) is 17.0 Å². The van der Waals surface area contributed by atoms with E-state index in [0.29, 0.717) is 43.9 Å². The van der Waals surface area contributed by atoms with Gasteiger partial charge < -0.3 is 10.1 Å². The molecule has 0 spiro atoms. The van der Waals surface area contributed by atoms with Gasteiger partial charge in [0.1, 0.15) is 16.4 Å². The summed E-state index contributed by atoms with van der Waals surface area (Å²) in [4.78, 5) is 21.6. The second-order valence-corrected chi connectivity index (χ2v) is 8.68. The molecule has 30 heavy (non-hydrogen) atoms. The minimum absolute atomic E-state index is 0.307. The molecule has 0 aliphatic heterocycles. The zero-order valence-electron chi connectivity index (χ0n) is 16.3. The maximum atomic E-state index is 12.6. The molecular weight excluding hydrogens is 461 g/mol. The van der Waals surface area contributed by atoms with Gasteiger partial charge >= 0.3 is 5.97 Å². The number of benzene rings is 2. The minimum Gasteiger partial charge on any atom is -0.465 e. The van der Waals surface area contributed by atoms with Gasteiger partial charge in [-0.05, 0) is 29.5 Å². The minimum atomic E-state index is -0.497. The van der Waals surface area contributed by atoms with Gasteiger partial charge in [0, 0.05) is 22.3 Å². The number of halogens is 2. The van der Waals surface area contributed by atoms with Gasteiger partial charge in [0.2, 0.25) is 0 Å². The van der Waals surface area contributed by atoms with Gasteiger partial charge in [-0.3, -0.25) is 0 Å². The summed E-state index contributed by atoms with van der Waals surface area (Å²) in [5.41, 5.74) is 2.27. The normalized spacial score (nSPS) is 10.7. The zero-order chi connectivity index (χ0) is 21.5. The molecular formula is C21H19Cl2N3O2S2. The molecule has 0 radical (unpaired) electrons. The van der Waals surface area contributed by atoms with E-state index >= 15 is 0 Å². The Kier molecular flexibility index (Phi) is 8.27. The number of ether oxygens (including phenoxy) is 1. The summed E-state index contributed by atoms with van der Waals surface area (Å²) in [5, 5.41) is 5.43. The molecule has 1 N–H and O–H groups in total. The summed E-state index contributed by atoms with van der Waals surface area (Å²) >= 11 is 15.1. The first-order chi connectivity index (χ1) is 14.5. The van der Waals surface area contributed by atoms with E-state index in [-0.39, 0.29) is 0 Å². The lowest BCUT2D eigenvalue weighted by molar-refractivity contribution is 0.0596. The summed E-state index contributed by atoms with van der Waals surface area (Å²) in [6, 6.07) is 15.3. The lowest BCUT2D eigenvalue weighted by Crippen LogP contribution is -2.14. The van der Waals surface area contributed by atoms with E-state index in [1.54, 1.807) is 12.1 Å². The fourth-order valence-electron chi connectivity index (χ4n) is 2.60. The molecule has 0 amide bonds.